The number of hydrogen-bond acceptors (Lipinski definition) is 4. The van der Waals surface area contributed by atoms with Crippen LogP contribution in [-0.2, 0) is 14.6 Å². The highest BCUT2D eigenvalue weighted by molar-refractivity contribution is 7.92. The van der Waals surface area contributed by atoms with E-state index in [-0.39, 0.29) is 36.1 Å². The van der Waals surface area contributed by atoms with Crippen molar-refractivity contribution in [2.24, 2.45) is 5.16 Å². The van der Waals surface area contributed by atoms with E-state index in [0.29, 0.717) is 10.7 Å². The van der Waals surface area contributed by atoms with Gasteiger partial charge in [0, 0.05) is 10.6 Å². The van der Waals surface area contributed by atoms with E-state index in [1.807, 2.05) is 0 Å². The van der Waals surface area contributed by atoms with Crippen LogP contribution >= 0.6 is 11.6 Å². The maximum absolute atomic E-state index is 14.6. The van der Waals surface area contributed by atoms with Gasteiger partial charge in [0.2, 0.25) is 0 Å². The summed E-state index contributed by atoms with van der Waals surface area (Å²) in [4.78, 5) is -0.0186. The number of hydrogen-bond donors (Lipinski definition) is 1. The van der Waals surface area contributed by atoms with Crippen molar-refractivity contribution in [3.05, 3.63) is 64.7 Å². The molecule has 1 fully saturated rings. The van der Waals surface area contributed by atoms with Gasteiger partial charge in [0.05, 0.1) is 10.6 Å². The Labute approximate surface area is 155 Å². The molecule has 138 valence electrons. The highest BCUT2D eigenvalue weighted by Crippen LogP contribution is 2.47. The zero-order valence-corrected chi connectivity index (χ0v) is 15.2. The van der Waals surface area contributed by atoms with Crippen LogP contribution in [0, 0.1) is 11.6 Å². The number of halogens is 3. The predicted octanol–water partition coefficient (Wildman–Crippen LogP) is 4.69. The SMILES string of the molecule is O=S(=O)(c1ccc(Cl)cc1)C1(c2cc(F)ccc2F)CCC(=NO)CC1. The van der Waals surface area contributed by atoms with Crippen LogP contribution in [0.2, 0.25) is 5.02 Å². The number of oxime groups is 1. The van der Waals surface area contributed by atoms with Crippen molar-refractivity contribution >= 4 is 27.1 Å². The summed E-state index contributed by atoms with van der Waals surface area (Å²) in [6.07, 6.45) is 0.300. The summed E-state index contributed by atoms with van der Waals surface area (Å²) in [6.45, 7) is 0. The van der Waals surface area contributed by atoms with Crippen LogP contribution in [-0.4, -0.2) is 19.3 Å². The van der Waals surface area contributed by atoms with E-state index in [1.165, 1.54) is 24.3 Å². The molecule has 0 aromatic heterocycles. The van der Waals surface area contributed by atoms with Crippen molar-refractivity contribution in [2.75, 3.05) is 0 Å². The molecule has 1 aliphatic rings. The molecule has 2 aromatic rings. The van der Waals surface area contributed by atoms with Gasteiger partial charge in [-0.1, -0.05) is 16.8 Å². The Morgan fingerprint density at radius 1 is 1.04 bits per heavy atom. The monoisotopic (exact) mass is 399 g/mol. The maximum Gasteiger partial charge on any atom is 0.188 e. The molecular weight excluding hydrogens is 384 g/mol. The van der Waals surface area contributed by atoms with Crippen molar-refractivity contribution < 1.29 is 22.4 Å². The second-order valence-electron chi connectivity index (χ2n) is 6.24. The lowest BCUT2D eigenvalue weighted by atomic mass is 9.82. The average molecular weight is 400 g/mol. The molecule has 0 amide bonds. The smallest absolute Gasteiger partial charge is 0.188 e. The van der Waals surface area contributed by atoms with Crippen LogP contribution in [0.25, 0.3) is 0 Å². The van der Waals surface area contributed by atoms with Gasteiger partial charge in [-0.05, 0) is 68.1 Å². The molecule has 0 radical (unpaired) electrons. The minimum atomic E-state index is -4.07. The van der Waals surface area contributed by atoms with Crippen molar-refractivity contribution in [3.63, 3.8) is 0 Å². The zero-order chi connectivity index (χ0) is 18.9. The molecule has 8 heteroatoms. The zero-order valence-electron chi connectivity index (χ0n) is 13.6. The summed E-state index contributed by atoms with van der Waals surface area (Å²) in [6, 6.07) is 8.40. The lowest BCUT2D eigenvalue weighted by molar-refractivity contribution is 0.311. The second kappa shape index (κ2) is 6.96. The summed E-state index contributed by atoms with van der Waals surface area (Å²) in [5.41, 5.74) is 0.230. The van der Waals surface area contributed by atoms with Crippen molar-refractivity contribution in [3.8, 4) is 0 Å². The second-order valence-corrected chi connectivity index (χ2v) is 8.94. The molecule has 26 heavy (non-hydrogen) atoms. The van der Waals surface area contributed by atoms with Gasteiger partial charge >= 0.3 is 0 Å². The fourth-order valence-electron chi connectivity index (χ4n) is 3.41. The first-order valence-electron chi connectivity index (χ1n) is 7.96. The van der Waals surface area contributed by atoms with Crippen LogP contribution in [0.3, 0.4) is 0 Å². The normalized spacial score (nSPS) is 20.8. The van der Waals surface area contributed by atoms with Gasteiger partial charge in [-0.2, -0.15) is 0 Å². The first-order chi connectivity index (χ1) is 12.3. The Kier molecular flexibility index (Phi) is 5.03. The lowest BCUT2D eigenvalue weighted by Crippen LogP contribution is -2.40. The third kappa shape index (κ3) is 3.10. The van der Waals surface area contributed by atoms with Crippen LogP contribution in [0.5, 0.6) is 0 Å². The average Bonchev–Trinajstić information content (AvgIpc) is 2.64. The quantitative estimate of drug-likeness (QED) is 0.601. The molecule has 1 N–H and O–H groups in total. The molecule has 0 aliphatic heterocycles. The summed E-state index contributed by atoms with van der Waals surface area (Å²) in [5, 5.41) is 12.5. The molecule has 4 nitrogen and oxygen atoms in total. The Morgan fingerprint density at radius 2 is 1.65 bits per heavy atom. The van der Waals surface area contributed by atoms with Gasteiger partial charge in [-0.25, -0.2) is 17.2 Å². The molecule has 0 saturated heterocycles. The third-order valence-electron chi connectivity index (χ3n) is 4.83. The van der Waals surface area contributed by atoms with Crippen molar-refractivity contribution in [2.45, 2.75) is 35.3 Å². The summed E-state index contributed by atoms with van der Waals surface area (Å²) >= 11 is 5.84. The first kappa shape index (κ1) is 18.8. The molecule has 0 unspecified atom stereocenters. The Balaban J connectivity index is 2.21. The fraction of sp³-hybridized carbons (Fsp3) is 0.278. The lowest BCUT2D eigenvalue weighted by Gasteiger charge is -2.37. The molecule has 0 atom stereocenters. The molecule has 0 spiro atoms. The third-order valence-corrected chi connectivity index (χ3v) is 7.64. The minimum absolute atomic E-state index is 0.0161. The van der Waals surface area contributed by atoms with Gasteiger partial charge in [-0.15, -0.1) is 0 Å². The van der Waals surface area contributed by atoms with E-state index < -0.39 is 26.2 Å². The number of nitrogens with zero attached hydrogens (tertiary/aromatic N) is 1. The van der Waals surface area contributed by atoms with Crippen LogP contribution in [0.15, 0.2) is 52.5 Å². The van der Waals surface area contributed by atoms with E-state index in [1.54, 1.807) is 0 Å². The van der Waals surface area contributed by atoms with Crippen molar-refractivity contribution in [1.82, 2.24) is 0 Å². The molecule has 1 aliphatic carbocycles. The standard InChI is InChI=1S/C18H16ClF2NO3S/c19-12-1-4-15(5-2-12)26(24,25)18(9-7-14(22-23)8-10-18)16-11-13(20)3-6-17(16)21/h1-6,11,23H,7-10H2. The fourth-order valence-corrected chi connectivity index (χ4v) is 5.67. The van der Waals surface area contributed by atoms with Gasteiger partial charge in [0.25, 0.3) is 0 Å². The molecule has 2 aromatic carbocycles. The molecule has 3 rings (SSSR count). The Hall–Kier alpha value is -1.99. The largest absolute Gasteiger partial charge is 0.411 e. The topological polar surface area (TPSA) is 66.7 Å². The van der Waals surface area contributed by atoms with Crippen LogP contribution in [0.1, 0.15) is 31.2 Å². The van der Waals surface area contributed by atoms with Gasteiger partial charge in [-0.3, -0.25) is 0 Å². The molecule has 0 heterocycles. The Bertz CT molecular complexity index is 949. The summed E-state index contributed by atoms with van der Waals surface area (Å²) < 4.78 is 53.6. The van der Waals surface area contributed by atoms with Crippen molar-refractivity contribution in [1.29, 1.82) is 0 Å². The number of sulfone groups is 1. The van der Waals surface area contributed by atoms with Gasteiger partial charge < -0.3 is 5.21 Å². The summed E-state index contributed by atoms with van der Waals surface area (Å²) in [5.74, 6) is -1.50. The first-order valence-corrected chi connectivity index (χ1v) is 9.82. The molecule has 0 bridgehead atoms. The molecular formula is C18H16ClF2NO3S. The highest BCUT2D eigenvalue weighted by atomic mass is 35.5. The van der Waals surface area contributed by atoms with E-state index in [2.05, 4.69) is 5.16 Å². The molecule has 1 saturated carbocycles. The number of rotatable bonds is 3. The van der Waals surface area contributed by atoms with E-state index in [9.17, 15) is 17.2 Å². The summed E-state index contributed by atoms with van der Waals surface area (Å²) in [7, 11) is -4.07. The Morgan fingerprint density at radius 3 is 2.23 bits per heavy atom. The van der Waals surface area contributed by atoms with E-state index >= 15 is 0 Å². The van der Waals surface area contributed by atoms with E-state index in [4.69, 9.17) is 16.8 Å². The van der Waals surface area contributed by atoms with Crippen LogP contribution < -0.4 is 0 Å². The number of benzene rings is 2. The van der Waals surface area contributed by atoms with E-state index in [0.717, 1.165) is 18.2 Å². The highest BCUT2D eigenvalue weighted by Gasteiger charge is 2.49. The van der Waals surface area contributed by atoms with Gasteiger partial charge in [0.15, 0.2) is 9.84 Å². The van der Waals surface area contributed by atoms with Crippen LogP contribution in [0.4, 0.5) is 8.78 Å². The minimum Gasteiger partial charge on any atom is -0.411 e. The predicted molar refractivity (Wildman–Crippen MR) is 94.4 cm³/mol. The van der Waals surface area contributed by atoms with Gasteiger partial charge in [0.1, 0.15) is 16.4 Å². The maximum atomic E-state index is 14.6.